The van der Waals surface area contributed by atoms with E-state index in [9.17, 15) is 0 Å². The average molecular weight is 274 g/mol. The zero-order valence-electron chi connectivity index (χ0n) is 8.42. The molecule has 14 heavy (non-hydrogen) atoms. The standard InChI is InChI=1S/C11H16BrNS/c1-8(9-4-6-13-7-5-9)10-2-3-11(12)14-10/h2-3,8-9,13H,4-7H2,1H3. The van der Waals surface area contributed by atoms with Crippen molar-refractivity contribution in [3.63, 3.8) is 0 Å². The minimum atomic E-state index is 0.730. The van der Waals surface area contributed by atoms with Crippen molar-refractivity contribution in [3.05, 3.63) is 20.8 Å². The third-order valence-corrected chi connectivity index (χ3v) is 4.96. The van der Waals surface area contributed by atoms with Gasteiger partial charge in [0.2, 0.25) is 0 Å². The first kappa shape index (κ1) is 10.7. The van der Waals surface area contributed by atoms with Crippen LogP contribution in [0.1, 0.15) is 30.6 Å². The number of hydrogen-bond donors (Lipinski definition) is 1. The van der Waals surface area contributed by atoms with E-state index in [1.807, 2.05) is 11.3 Å². The Morgan fingerprint density at radius 3 is 2.71 bits per heavy atom. The minimum Gasteiger partial charge on any atom is -0.317 e. The fourth-order valence-electron chi connectivity index (χ4n) is 2.15. The smallest absolute Gasteiger partial charge is 0.0701 e. The predicted octanol–water partition coefficient (Wildman–Crippen LogP) is 3.61. The van der Waals surface area contributed by atoms with Gasteiger partial charge in [0.25, 0.3) is 0 Å². The molecule has 3 heteroatoms. The maximum Gasteiger partial charge on any atom is 0.0701 e. The molecule has 0 bridgehead atoms. The fraction of sp³-hybridized carbons (Fsp3) is 0.636. The highest BCUT2D eigenvalue weighted by molar-refractivity contribution is 9.11. The van der Waals surface area contributed by atoms with Crippen LogP contribution >= 0.6 is 27.3 Å². The summed E-state index contributed by atoms with van der Waals surface area (Å²) in [5.74, 6) is 1.61. The van der Waals surface area contributed by atoms with Crippen molar-refractivity contribution < 1.29 is 0 Å². The molecule has 1 aliphatic rings. The van der Waals surface area contributed by atoms with E-state index in [2.05, 4.69) is 40.3 Å². The molecule has 0 aliphatic carbocycles. The van der Waals surface area contributed by atoms with Crippen LogP contribution in [0.3, 0.4) is 0 Å². The Morgan fingerprint density at radius 1 is 1.43 bits per heavy atom. The summed E-state index contributed by atoms with van der Waals surface area (Å²) in [7, 11) is 0. The quantitative estimate of drug-likeness (QED) is 0.868. The molecule has 1 saturated heterocycles. The van der Waals surface area contributed by atoms with Crippen LogP contribution in [0.4, 0.5) is 0 Å². The van der Waals surface area contributed by atoms with E-state index < -0.39 is 0 Å². The third kappa shape index (κ3) is 2.38. The van der Waals surface area contributed by atoms with Crippen molar-refractivity contribution in [1.82, 2.24) is 5.32 Å². The molecule has 0 spiro atoms. The van der Waals surface area contributed by atoms with E-state index in [0.29, 0.717) is 0 Å². The molecule has 1 unspecified atom stereocenters. The van der Waals surface area contributed by atoms with Gasteiger partial charge in [0.05, 0.1) is 3.79 Å². The molecule has 0 saturated carbocycles. The molecule has 1 aromatic heterocycles. The van der Waals surface area contributed by atoms with E-state index >= 15 is 0 Å². The zero-order valence-corrected chi connectivity index (χ0v) is 10.8. The Hall–Kier alpha value is 0.140. The fourth-order valence-corrected chi connectivity index (χ4v) is 3.72. The molecule has 1 fully saturated rings. The summed E-state index contributed by atoms with van der Waals surface area (Å²) in [6.45, 7) is 4.76. The SMILES string of the molecule is CC(c1ccc(Br)s1)C1CCNCC1. The molecule has 2 rings (SSSR count). The first-order valence-electron chi connectivity index (χ1n) is 5.23. The Labute approximate surface area is 98.0 Å². The van der Waals surface area contributed by atoms with Gasteiger partial charge in [-0.05, 0) is 65.8 Å². The van der Waals surface area contributed by atoms with Crippen LogP contribution in [-0.4, -0.2) is 13.1 Å². The monoisotopic (exact) mass is 273 g/mol. The van der Waals surface area contributed by atoms with Gasteiger partial charge in [0.15, 0.2) is 0 Å². The summed E-state index contributed by atoms with van der Waals surface area (Å²) >= 11 is 5.42. The van der Waals surface area contributed by atoms with Crippen LogP contribution in [0.15, 0.2) is 15.9 Å². The van der Waals surface area contributed by atoms with Crippen LogP contribution < -0.4 is 5.32 Å². The van der Waals surface area contributed by atoms with Crippen molar-refractivity contribution in [2.75, 3.05) is 13.1 Å². The molecule has 1 nitrogen and oxygen atoms in total. The van der Waals surface area contributed by atoms with Crippen LogP contribution in [0.5, 0.6) is 0 Å². The Morgan fingerprint density at radius 2 is 2.14 bits per heavy atom. The van der Waals surface area contributed by atoms with Crippen molar-refractivity contribution in [1.29, 1.82) is 0 Å². The third-order valence-electron chi connectivity index (χ3n) is 3.13. The maximum atomic E-state index is 3.53. The molecule has 78 valence electrons. The highest BCUT2D eigenvalue weighted by Gasteiger charge is 2.21. The first-order chi connectivity index (χ1) is 6.77. The Kier molecular flexibility index (Phi) is 3.63. The van der Waals surface area contributed by atoms with Gasteiger partial charge >= 0.3 is 0 Å². The molecule has 0 amide bonds. The molecule has 1 aliphatic heterocycles. The summed E-state index contributed by atoms with van der Waals surface area (Å²) in [5.41, 5.74) is 0. The number of thiophene rings is 1. The highest BCUT2D eigenvalue weighted by atomic mass is 79.9. The van der Waals surface area contributed by atoms with Crippen molar-refractivity contribution in [3.8, 4) is 0 Å². The van der Waals surface area contributed by atoms with Gasteiger partial charge < -0.3 is 5.32 Å². The molecule has 1 N–H and O–H groups in total. The Balaban J connectivity index is 2.03. The molecule has 1 atom stereocenters. The number of piperidine rings is 1. The number of rotatable bonds is 2. The van der Waals surface area contributed by atoms with E-state index in [1.54, 1.807) is 0 Å². The molecule has 2 heterocycles. The molecule has 0 aromatic carbocycles. The summed E-state index contributed by atoms with van der Waals surface area (Å²) in [6, 6.07) is 4.43. The predicted molar refractivity (Wildman–Crippen MR) is 66.0 cm³/mol. The van der Waals surface area contributed by atoms with Gasteiger partial charge in [-0.15, -0.1) is 11.3 Å². The topological polar surface area (TPSA) is 12.0 Å². The molecule has 1 aromatic rings. The number of halogens is 1. The Bertz CT molecular complexity index is 291. The van der Waals surface area contributed by atoms with Crippen LogP contribution in [0.2, 0.25) is 0 Å². The van der Waals surface area contributed by atoms with Gasteiger partial charge in [-0.2, -0.15) is 0 Å². The lowest BCUT2D eigenvalue weighted by Gasteiger charge is -2.27. The van der Waals surface area contributed by atoms with E-state index in [4.69, 9.17) is 0 Å². The van der Waals surface area contributed by atoms with Gasteiger partial charge in [-0.3, -0.25) is 0 Å². The van der Waals surface area contributed by atoms with Gasteiger partial charge in [0.1, 0.15) is 0 Å². The van der Waals surface area contributed by atoms with E-state index in [1.165, 1.54) is 34.6 Å². The molecular formula is C11H16BrNS. The largest absolute Gasteiger partial charge is 0.317 e. The lowest BCUT2D eigenvalue weighted by atomic mass is 9.85. The summed E-state index contributed by atoms with van der Waals surface area (Å²) in [6.07, 6.45) is 2.66. The van der Waals surface area contributed by atoms with Crippen LogP contribution in [-0.2, 0) is 0 Å². The average Bonchev–Trinajstić information content (AvgIpc) is 2.65. The van der Waals surface area contributed by atoms with Crippen LogP contribution in [0.25, 0.3) is 0 Å². The highest BCUT2D eigenvalue weighted by Crippen LogP contribution is 2.35. The van der Waals surface area contributed by atoms with Crippen molar-refractivity contribution >= 4 is 27.3 Å². The summed E-state index contributed by atoms with van der Waals surface area (Å²) in [4.78, 5) is 1.53. The van der Waals surface area contributed by atoms with Gasteiger partial charge in [0, 0.05) is 4.88 Å². The second-order valence-corrected chi connectivity index (χ2v) is 6.51. The van der Waals surface area contributed by atoms with E-state index in [-0.39, 0.29) is 0 Å². The lowest BCUT2D eigenvalue weighted by molar-refractivity contribution is 0.333. The zero-order chi connectivity index (χ0) is 9.97. The normalized spacial score (nSPS) is 21.0. The lowest BCUT2D eigenvalue weighted by Crippen LogP contribution is -2.29. The second kappa shape index (κ2) is 4.77. The van der Waals surface area contributed by atoms with Gasteiger partial charge in [-0.25, -0.2) is 0 Å². The molecular weight excluding hydrogens is 258 g/mol. The van der Waals surface area contributed by atoms with Gasteiger partial charge in [-0.1, -0.05) is 6.92 Å². The summed E-state index contributed by atoms with van der Waals surface area (Å²) < 4.78 is 1.26. The van der Waals surface area contributed by atoms with Crippen LogP contribution in [0, 0.1) is 5.92 Å². The molecule has 0 radical (unpaired) electrons. The number of nitrogens with one attached hydrogen (secondary N) is 1. The minimum absolute atomic E-state index is 0.730. The van der Waals surface area contributed by atoms with Crippen molar-refractivity contribution in [2.45, 2.75) is 25.7 Å². The van der Waals surface area contributed by atoms with E-state index in [0.717, 1.165) is 11.8 Å². The number of hydrogen-bond acceptors (Lipinski definition) is 2. The second-order valence-electron chi connectivity index (χ2n) is 4.02. The summed E-state index contributed by atoms with van der Waals surface area (Å²) in [5, 5.41) is 3.42. The first-order valence-corrected chi connectivity index (χ1v) is 6.84. The maximum absolute atomic E-state index is 3.53. The van der Waals surface area contributed by atoms with Crippen molar-refractivity contribution in [2.24, 2.45) is 5.92 Å².